The van der Waals surface area contributed by atoms with Crippen molar-refractivity contribution >= 4 is 29.3 Å². The lowest BCUT2D eigenvalue weighted by atomic mass is 10.0. The van der Waals surface area contributed by atoms with Crippen molar-refractivity contribution in [2.24, 2.45) is 11.7 Å². The lowest BCUT2D eigenvalue weighted by molar-refractivity contribution is -0.131. The molecule has 0 saturated carbocycles. The van der Waals surface area contributed by atoms with Crippen LogP contribution in [0.15, 0.2) is 18.2 Å². The summed E-state index contributed by atoms with van der Waals surface area (Å²) in [4.78, 5) is 35.6. The minimum atomic E-state index is -0.921. The first-order valence-corrected chi connectivity index (χ1v) is 8.71. The van der Waals surface area contributed by atoms with Gasteiger partial charge in [0.15, 0.2) is 0 Å². The Kier molecular flexibility index (Phi) is 8.38. The fourth-order valence-electron chi connectivity index (χ4n) is 2.52. The van der Waals surface area contributed by atoms with Crippen LogP contribution in [0.1, 0.15) is 32.8 Å². The van der Waals surface area contributed by atoms with Crippen LogP contribution in [-0.2, 0) is 20.8 Å². The van der Waals surface area contributed by atoms with E-state index >= 15 is 0 Å². The molecule has 1 rings (SSSR count). The second kappa shape index (κ2) is 10.0. The van der Waals surface area contributed by atoms with Gasteiger partial charge in [-0.3, -0.25) is 14.4 Å². The van der Waals surface area contributed by atoms with Gasteiger partial charge in [-0.25, -0.2) is 0 Å². The molecule has 0 spiro atoms. The van der Waals surface area contributed by atoms with Crippen molar-refractivity contribution in [3.63, 3.8) is 0 Å². The van der Waals surface area contributed by atoms with Crippen LogP contribution in [0.5, 0.6) is 5.75 Å². The summed E-state index contributed by atoms with van der Waals surface area (Å²) in [7, 11) is 1.50. The molecule has 7 nitrogen and oxygen atoms in total. The van der Waals surface area contributed by atoms with Crippen molar-refractivity contribution in [3.8, 4) is 5.75 Å². The molecule has 8 heteroatoms. The van der Waals surface area contributed by atoms with Gasteiger partial charge in [0.25, 0.3) is 0 Å². The first-order valence-electron chi connectivity index (χ1n) is 8.33. The first kappa shape index (κ1) is 21.8. The van der Waals surface area contributed by atoms with Crippen molar-refractivity contribution in [2.75, 3.05) is 7.11 Å². The van der Waals surface area contributed by atoms with Crippen LogP contribution in [0.3, 0.4) is 0 Å². The number of nitrogens with two attached hydrogens (primary N) is 1. The predicted octanol–water partition coefficient (Wildman–Crippen LogP) is 1.41. The Morgan fingerprint density at radius 3 is 2.31 bits per heavy atom. The van der Waals surface area contributed by atoms with Gasteiger partial charge < -0.3 is 21.1 Å². The van der Waals surface area contributed by atoms with E-state index in [2.05, 4.69) is 10.6 Å². The van der Waals surface area contributed by atoms with Crippen LogP contribution < -0.4 is 21.1 Å². The molecule has 3 amide bonds. The smallest absolute Gasteiger partial charge is 0.243 e. The number of rotatable bonds is 9. The highest BCUT2D eigenvalue weighted by Gasteiger charge is 2.26. The highest BCUT2D eigenvalue weighted by molar-refractivity contribution is 6.32. The summed E-state index contributed by atoms with van der Waals surface area (Å²) < 4.78 is 5.09. The van der Waals surface area contributed by atoms with E-state index in [4.69, 9.17) is 22.1 Å². The second-order valence-electron chi connectivity index (χ2n) is 6.52. The molecule has 0 radical (unpaired) electrons. The van der Waals surface area contributed by atoms with Gasteiger partial charge in [0.05, 0.1) is 12.1 Å². The van der Waals surface area contributed by atoms with Gasteiger partial charge >= 0.3 is 0 Å². The maximum absolute atomic E-state index is 12.5. The Morgan fingerprint density at radius 2 is 1.85 bits per heavy atom. The van der Waals surface area contributed by atoms with Crippen LogP contribution in [0.25, 0.3) is 0 Å². The van der Waals surface area contributed by atoms with E-state index in [0.29, 0.717) is 17.2 Å². The van der Waals surface area contributed by atoms with Gasteiger partial charge in [-0.1, -0.05) is 31.5 Å². The van der Waals surface area contributed by atoms with E-state index in [1.807, 2.05) is 13.8 Å². The lowest BCUT2D eigenvalue weighted by Crippen LogP contribution is -2.53. The van der Waals surface area contributed by atoms with Crippen LogP contribution in [-0.4, -0.2) is 36.9 Å². The summed E-state index contributed by atoms with van der Waals surface area (Å²) in [5.74, 6) is -0.736. The largest absolute Gasteiger partial charge is 0.495 e. The molecule has 0 heterocycles. The van der Waals surface area contributed by atoms with Gasteiger partial charge in [0, 0.05) is 13.3 Å². The molecule has 0 unspecified atom stereocenters. The molecular weight excluding hydrogens is 358 g/mol. The van der Waals surface area contributed by atoms with Gasteiger partial charge in [0.1, 0.15) is 17.8 Å². The number of benzene rings is 1. The van der Waals surface area contributed by atoms with E-state index in [0.717, 1.165) is 5.56 Å². The zero-order chi connectivity index (χ0) is 19.9. The standard InChI is InChI=1S/C18H26ClN3O4/c1-10(2)7-15(21-11(3)23)18(25)22-14(17(20)24)9-12-5-6-16(26-4)13(19)8-12/h5-6,8,10,14-15H,7,9H2,1-4H3,(H2,20,24)(H,21,23)(H,22,25)/t14-,15-/m0/s1. The monoisotopic (exact) mass is 383 g/mol. The van der Waals surface area contributed by atoms with Gasteiger partial charge in [-0.15, -0.1) is 0 Å². The molecule has 1 aromatic rings. The topological polar surface area (TPSA) is 111 Å². The third kappa shape index (κ3) is 6.92. The summed E-state index contributed by atoms with van der Waals surface area (Å²) in [6, 6.07) is 3.43. The zero-order valence-electron chi connectivity index (χ0n) is 15.5. The van der Waals surface area contributed by atoms with Gasteiger partial charge in [-0.2, -0.15) is 0 Å². The van der Waals surface area contributed by atoms with Crippen molar-refractivity contribution in [1.82, 2.24) is 10.6 Å². The summed E-state index contributed by atoms with van der Waals surface area (Å²) >= 11 is 6.09. The summed E-state index contributed by atoms with van der Waals surface area (Å²) in [6.45, 7) is 5.21. The average molecular weight is 384 g/mol. The van der Waals surface area contributed by atoms with Crippen LogP contribution in [0.4, 0.5) is 0 Å². The summed E-state index contributed by atoms with van der Waals surface area (Å²) in [6.07, 6.45) is 0.629. The number of carbonyl (C=O) groups excluding carboxylic acids is 3. The minimum Gasteiger partial charge on any atom is -0.495 e. The number of ether oxygens (including phenoxy) is 1. The molecule has 0 bridgehead atoms. The Balaban J connectivity index is 2.88. The van der Waals surface area contributed by atoms with E-state index in [9.17, 15) is 14.4 Å². The summed E-state index contributed by atoms with van der Waals surface area (Å²) in [5.41, 5.74) is 6.15. The number of halogens is 1. The highest BCUT2D eigenvalue weighted by Crippen LogP contribution is 2.25. The Hall–Kier alpha value is -2.28. The van der Waals surface area contributed by atoms with Crippen molar-refractivity contribution < 1.29 is 19.1 Å². The summed E-state index contributed by atoms with van der Waals surface area (Å²) in [5, 5.41) is 5.62. The fourth-order valence-corrected chi connectivity index (χ4v) is 2.80. The van der Waals surface area contributed by atoms with Gasteiger partial charge in [-0.05, 0) is 30.0 Å². The number of amides is 3. The second-order valence-corrected chi connectivity index (χ2v) is 6.93. The molecule has 0 aliphatic carbocycles. The Bertz CT molecular complexity index is 664. The molecule has 0 fully saturated rings. The average Bonchev–Trinajstić information content (AvgIpc) is 2.52. The van der Waals surface area contributed by atoms with Crippen LogP contribution in [0, 0.1) is 5.92 Å². The van der Waals surface area contributed by atoms with Gasteiger partial charge in [0.2, 0.25) is 17.7 Å². The maximum Gasteiger partial charge on any atom is 0.243 e. The van der Waals surface area contributed by atoms with Crippen molar-refractivity contribution in [1.29, 1.82) is 0 Å². The number of carbonyl (C=O) groups is 3. The fraction of sp³-hybridized carbons (Fsp3) is 0.500. The lowest BCUT2D eigenvalue weighted by Gasteiger charge is -2.23. The predicted molar refractivity (Wildman–Crippen MR) is 99.9 cm³/mol. The number of methoxy groups -OCH3 is 1. The van der Waals surface area contributed by atoms with Crippen LogP contribution >= 0.6 is 11.6 Å². The molecule has 0 aliphatic heterocycles. The van der Waals surface area contributed by atoms with E-state index < -0.39 is 23.9 Å². The number of primary amides is 1. The molecule has 2 atom stereocenters. The molecule has 0 saturated heterocycles. The van der Waals surface area contributed by atoms with E-state index in [-0.39, 0.29) is 18.2 Å². The Labute approximate surface area is 158 Å². The molecule has 26 heavy (non-hydrogen) atoms. The molecule has 1 aromatic carbocycles. The number of hydrogen-bond donors (Lipinski definition) is 3. The van der Waals surface area contributed by atoms with E-state index in [1.165, 1.54) is 14.0 Å². The molecule has 4 N–H and O–H groups in total. The Morgan fingerprint density at radius 1 is 1.19 bits per heavy atom. The highest BCUT2D eigenvalue weighted by atomic mass is 35.5. The molecule has 144 valence electrons. The normalized spacial score (nSPS) is 13.0. The SMILES string of the molecule is COc1ccc(C[C@H](NC(=O)[C@H](CC(C)C)NC(C)=O)C(N)=O)cc1Cl. The van der Waals surface area contributed by atoms with Crippen LogP contribution in [0.2, 0.25) is 5.02 Å². The molecule has 0 aliphatic rings. The third-order valence-electron chi connectivity index (χ3n) is 3.72. The molecular formula is C18H26ClN3O4. The van der Waals surface area contributed by atoms with Crippen molar-refractivity contribution in [2.45, 2.75) is 45.7 Å². The first-order chi connectivity index (χ1) is 12.1. The number of hydrogen-bond acceptors (Lipinski definition) is 4. The quantitative estimate of drug-likeness (QED) is 0.598. The minimum absolute atomic E-state index is 0.180. The zero-order valence-corrected chi connectivity index (χ0v) is 16.2. The third-order valence-corrected chi connectivity index (χ3v) is 4.01. The van der Waals surface area contributed by atoms with E-state index in [1.54, 1.807) is 18.2 Å². The number of nitrogens with one attached hydrogen (secondary N) is 2. The molecule has 0 aromatic heterocycles. The van der Waals surface area contributed by atoms with Crippen molar-refractivity contribution in [3.05, 3.63) is 28.8 Å². The maximum atomic E-state index is 12.5.